The number of carbonyl (C=O) groups is 2. The average Bonchev–Trinajstić information content (AvgIpc) is 1.97. The number of hydrogen-bond donors (Lipinski definition) is 2. The van der Waals surface area contributed by atoms with Crippen LogP contribution in [0.1, 0.15) is 6.42 Å². The summed E-state index contributed by atoms with van der Waals surface area (Å²) < 4.78 is 0. The van der Waals surface area contributed by atoms with E-state index in [2.05, 4.69) is 5.32 Å². The fraction of sp³-hybridized carbons (Fsp3) is 0.714. The molecular formula is C7H12N2O3. The summed E-state index contributed by atoms with van der Waals surface area (Å²) in [7, 11) is 1.81. The van der Waals surface area contributed by atoms with Crippen LogP contribution in [0.3, 0.4) is 0 Å². The number of nitrogens with one attached hydrogen (secondary N) is 2. The SMILES string of the molecule is C[NH+]1CCNC(=O)[C@H]1CC(=O)[O-]. The van der Waals surface area contributed by atoms with Crippen molar-refractivity contribution in [3.05, 3.63) is 0 Å². The third-order valence-electron chi connectivity index (χ3n) is 2.10. The third kappa shape index (κ3) is 1.94. The molecule has 12 heavy (non-hydrogen) atoms. The third-order valence-corrected chi connectivity index (χ3v) is 2.10. The summed E-state index contributed by atoms with van der Waals surface area (Å²) in [6, 6.07) is -0.483. The Bertz CT molecular complexity index is 205. The molecule has 0 aromatic carbocycles. The molecule has 0 radical (unpaired) electrons. The summed E-state index contributed by atoms with van der Waals surface area (Å²) in [5, 5.41) is 12.9. The van der Waals surface area contributed by atoms with Gasteiger partial charge in [-0.05, 0) is 0 Å². The number of rotatable bonds is 2. The van der Waals surface area contributed by atoms with Gasteiger partial charge < -0.3 is 20.1 Å². The largest absolute Gasteiger partial charge is 0.550 e. The van der Waals surface area contributed by atoms with Crippen LogP contribution in [-0.4, -0.2) is 38.1 Å². The quantitative estimate of drug-likeness (QED) is 0.448. The van der Waals surface area contributed by atoms with Crippen LogP contribution in [-0.2, 0) is 9.59 Å². The van der Waals surface area contributed by atoms with E-state index in [1.54, 1.807) is 0 Å². The molecule has 2 atom stereocenters. The van der Waals surface area contributed by atoms with Crippen molar-refractivity contribution in [3.63, 3.8) is 0 Å². The van der Waals surface area contributed by atoms with E-state index in [0.717, 1.165) is 11.4 Å². The zero-order chi connectivity index (χ0) is 9.14. The van der Waals surface area contributed by atoms with Crippen molar-refractivity contribution in [3.8, 4) is 0 Å². The number of likely N-dealkylation sites (N-methyl/N-ethyl adjacent to an activating group) is 1. The van der Waals surface area contributed by atoms with Crippen molar-refractivity contribution in [1.82, 2.24) is 5.32 Å². The molecule has 0 aromatic heterocycles. The number of piperazine rings is 1. The Morgan fingerprint density at radius 3 is 3.00 bits per heavy atom. The number of carbonyl (C=O) groups excluding carboxylic acids is 2. The lowest BCUT2D eigenvalue weighted by Crippen LogP contribution is -3.17. The van der Waals surface area contributed by atoms with E-state index in [1.165, 1.54) is 0 Å². The highest BCUT2D eigenvalue weighted by molar-refractivity contribution is 5.84. The molecule has 1 unspecified atom stereocenters. The Morgan fingerprint density at radius 1 is 1.83 bits per heavy atom. The Kier molecular flexibility index (Phi) is 2.65. The maximum atomic E-state index is 11.1. The number of hydrogen-bond acceptors (Lipinski definition) is 3. The monoisotopic (exact) mass is 172 g/mol. The number of carboxylic acids is 1. The fourth-order valence-corrected chi connectivity index (χ4v) is 1.34. The van der Waals surface area contributed by atoms with Gasteiger partial charge in [0.1, 0.15) is 0 Å². The molecule has 0 bridgehead atoms. The minimum Gasteiger partial charge on any atom is -0.550 e. The van der Waals surface area contributed by atoms with Crippen molar-refractivity contribution < 1.29 is 19.6 Å². The summed E-state index contributed by atoms with van der Waals surface area (Å²) >= 11 is 0. The van der Waals surface area contributed by atoms with Gasteiger partial charge in [0, 0.05) is 12.4 Å². The van der Waals surface area contributed by atoms with Crippen LogP contribution in [0.2, 0.25) is 0 Å². The van der Waals surface area contributed by atoms with Crippen LogP contribution >= 0.6 is 0 Å². The molecule has 1 amide bonds. The molecule has 1 aliphatic rings. The van der Waals surface area contributed by atoms with E-state index in [4.69, 9.17) is 0 Å². The summed E-state index contributed by atoms with van der Waals surface area (Å²) in [6.07, 6.45) is -0.197. The van der Waals surface area contributed by atoms with E-state index in [0.29, 0.717) is 6.54 Å². The van der Waals surface area contributed by atoms with Crippen LogP contribution in [0.15, 0.2) is 0 Å². The molecule has 1 rings (SSSR count). The molecule has 5 heteroatoms. The summed E-state index contributed by atoms with van der Waals surface area (Å²) in [6.45, 7) is 1.39. The van der Waals surface area contributed by atoms with Crippen molar-refractivity contribution in [2.45, 2.75) is 12.5 Å². The fourth-order valence-electron chi connectivity index (χ4n) is 1.34. The minimum atomic E-state index is -1.17. The molecule has 1 saturated heterocycles. The standard InChI is InChI=1S/C7H12N2O3/c1-9-3-2-8-7(12)5(9)4-6(10)11/h5H,2-4H2,1H3,(H,8,12)(H,10,11)/t5-/m1/s1. The lowest BCUT2D eigenvalue weighted by molar-refractivity contribution is -0.897. The number of amides is 1. The van der Waals surface area contributed by atoms with Crippen LogP contribution in [0.4, 0.5) is 0 Å². The first-order valence-corrected chi connectivity index (χ1v) is 3.91. The highest BCUT2D eigenvalue weighted by Gasteiger charge is 2.30. The first-order valence-electron chi connectivity index (χ1n) is 3.91. The maximum Gasteiger partial charge on any atom is 0.278 e. The number of quaternary nitrogens is 1. The van der Waals surface area contributed by atoms with Crippen LogP contribution in [0, 0.1) is 0 Å². The van der Waals surface area contributed by atoms with E-state index in [1.807, 2.05) is 7.05 Å². The first-order chi connectivity index (χ1) is 5.61. The molecule has 0 saturated carbocycles. The van der Waals surface area contributed by atoms with Gasteiger partial charge in [-0.2, -0.15) is 0 Å². The molecule has 0 aliphatic carbocycles. The van der Waals surface area contributed by atoms with Gasteiger partial charge in [-0.1, -0.05) is 0 Å². The Balaban J connectivity index is 2.57. The molecule has 1 fully saturated rings. The molecule has 2 N–H and O–H groups in total. The normalized spacial score (nSPS) is 29.6. The highest BCUT2D eigenvalue weighted by atomic mass is 16.4. The van der Waals surface area contributed by atoms with Crippen LogP contribution < -0.4 is 15.3 Å². The number of carboxylic acid groups (broad SMARTS) is 1. The van der Waals surface area contributed by atoms with E-state index in [-0.39, 0.29) is 12.3 Å². The predicted octanol–water partition coefficient (Wildman–Crippen LogP) is -3.86. The second-order valence-corrected chi connectivity index (χ2v) is 3.02. The molecule has 1 aliphatic heterocycles. The number of aliphatic carboxylic acids is 1. The van der Waals surface area contributed by atoms with Crippen LogP contribution in [0.25, 0.3) is 0 Å². The second kappa shape index (κ2) is 3.53. The second-order valence-electron chi connectivity index (χ2n) is 3.02. The van der Waals surface area contributed by atoms with Gasteiger partial charge in [-0.25, -0.2) is 0 Å². The van der Waals surface area contributed by atoms with Gasteiger partial charge in [-0.3, -0.25) is 4.79 Å². The Hall–Kier alpha value is -1.10. The predicted molar refractivity (Wildman–Crippen MR) is 38.2 cm³/mol. The topological polar surface area (TPSA) is 73.7 Å². The zero-order valence-electron chi connectivity index (χ0n) is 6.92. The zero-order valence-corrected chi connectivity index (χ0v) is 6.92. The molecule has 68 valence electrons. The summed E-state index contributed by atoms with van der Waals surface area (Å²) in [5.74, 6) is -1.36. The lowest BCUT2D eigenvalue weighted by Gasteiger charge is -2.28. The first kappa shape index (κ1) is 8.99. The van der Waals surface area contributed by atoms with Gasteiger partial charge in [0.05, 0.1) is 20.1 Å². The summed E-state index contributed by atoms with van der Waals surface area (Å²) in [4.78, 5) is 22.3. The molecule has 0 aromatic rings. The van der Waals surface area contributed by atoms with Gasteiger partial charge in [-0.15, -0.1) is 0 Å². The minimum absolute atomic E-state index is 0.192. The summed E-state index contributed by atoms with van der Waals surface area (Å²) in [5.41, 5.74) is 0. The van der Waals surface area contributed by atoms with Gasteiger partial charge in [0.25, 0.3) is 5.91 Å². The Labute approximate surface area is 70.4 Å². The maximum absolute atomic E-state index is 11.1. The highest BCUT2D eigenvalue weighted by Crippen LogP contribution is 1.88. The van der Waals surface area contributed by atoms with Crippen molar-refractivity contribution in [2.24, 2.45) is 0 Å². The molecular weight excluding hydrogens is 160 g/mol. The average molecular weight is 172 g/mol. The van der Waals surface area contributed by atoms with Gasteiger partial charge in [0.15, 0.2) is 6.04 Å². The van der Waals surface area contributed by atoms with E-state index >= 15 is 0 Å². The van der Waals surface area contributed by atoms with Crippen LogP contribution in [0.5, 0.6) is 0 Å². The molecule has 0 spiro atoms. The van der Waals surface area contributed by atoms with Crippen molar-refractivity contribution in [2.75, 3.05) is 20.1 Å². The van der Waals surface area contributed by atoms with Crippen molar-refractivity contribution in [1.29, 1.82) is 0 Å². The van der Waals surface area contributed by atoms with Crippen molar-refractivity contribution >= 4 is 11.9 Å². The van der Waals surface area contributed by atoms with Gasteiger partial charge in [0.2, 0.25) is 0 Å². The van der Waals surface area contributed by atoms with E-state index < -0.39 is 12.0 Å². The molecule has 5 nitrogen and oxygen atoms in total. The van der Waals surface area contributed by atoms with E-state index in [9.17, 15) is 14.7 Å². The Morgan fingerprint density at radius 2 is 2.50 bits per heavy atom. The lowest BCUT2D eigenvalue weighted by atomic mass is 10.1. The van der Waals surface area contributed by atoms with Gasteiger partial charge >= 0.3 is 0 Å². The molecule has 1 heterocycles. The smallest absolute Gasteiger partial charge is 0.278 e.